The van der Waals surface area contributed by atoms with Crippen molar-refractivity contribution < 1.29 is 19.2 Å². The Morgan fingerprint density at radius 1 is 1.12 bits per heavy atom. The molecule has 136 valence electrons. The highest BCUT2D eigenvalue weighted by molar-refractivity contribution is 6.38. The molecule has 0 spiro atoms. The van der Waals surface area contributed by atoms with E-state index in [2.05, 4.69) is 16.0 Å². The molecule has 0 aromatic rings. The summed E-state index contributed by atoms with van der Waals surface area (Å²) in [5, 5.41) is 7.78. The Bertz CT molecular complexity index is 475. The summed E-state index contributed by atoms with van der Waals surface area (Å²) in [6.45, 7) is 5.20. The Balaban J connectivity index is 2.51. The number of nitrogens with zero attached hydrogens (tertiary/aromatic N) is 1. The van der Waals surface area contributed by atoms with Crippen LogP contribution < -0.4 is 16.0 Å². The highest BCUT2D eigenvalue weighted by Crippen LogP contribution is 2.10. The molecule has 1 rings (SSSR count). The molecule has 1 aliphatic heterocycles. The van der Waals surface area contributed by atoms with Crippen molar-refractivity contribution in [3.8, 4) is 0 Å². The van der Waals surface area contributed by atoms with Gasteiger partial charge < -0.3 is 20.9 Å². The molecule has 8 heteroatoms. The van der Waals surface area contributed by atoms with Gasteiger partial charge in [0.15, 0.2) is 0 Å². The monoisotopic (exact) mass is 340 g/mol. The predicted molar refractivity (Wildman–Crippen MR) is 89.2 cm³/mol. The summed E-state index contributed by atoms with van der Waals surface area (Å²) in [4.78, 5) is 49.7. The molecule has 0 aromatic heterocycles. The van der Waals surface area contributed by atoms with E-state index >= 15 is 0 Å². The van der Waals surface area contributed by atoms with Gasteiger partial charge in [0.1, 0.15) is 0 Å². The fourth-order valence-electron chi connectivity index (χ4n) is 2.50. The first-order valence-electron chi connectivity index (χ1n) is 8.48. The average Bonchev–Trinajstić information content (AvgIpc) is 3.10. The van der Waals surface area contributed by atoms with Crippen LogP contribution in [0.15, 0.2) is 0 Å². The Kier molecular flexibility index (Phi) is 8.39. The largest absolute Gasteiger partial charge is 0.349 e. The molecule has 1 unspecified atom stereocenters. The normalized spacial score (nSPS) is 16.4. The van der Waals surface area contributed by atoms with Crippen molar-refractivity contribution >= 4 is 23.5 Å². The van der Waals surface area contributed by atoms with Crippen molar-refractivity contribution in [2.75, 3.05) is 26.7 Å². The molecule has 1 saturated heterocycles. The number of carbonyl (C=O) groups is 4. The Labute approximate surface area is 142 Å². The van der Waals surface area contributed by atoms with Gasteiger partial charge in [-0.3, -0.25) is 19.2 Å². The first kappa shape index (κ1) is 20.1. The minimum Gasteiger partial charge on any atom is -0.349 e. The second kappa shape index (κ2) is 10.0. The van der Waals surface area contributed by atoms with E-state index in [1.54, 1.807) is 11.9 Å². The van der Waals surface area contributed by atoms with Gasteiger partial charge in [0.2, 0.25) is 17.6 Å². The summed E-state index contributed by atoms with van der Waals surface area (Å²) < 4.78 is 0. The predicted octanol–water partition coefficient (Wildman–Crippen LogP) is -0.813. The second-order valence-electron chi connectivity index (χ2n) is 5.98. The lowest BCUT2D eigenvalue weighted by Crippen LogP contribution is -2.52. The molecule has 1 heterocycles. The summed E-state index contributed by atoms with van der Waals surface area (Å²) in [5.41, 5.74) is 0. The third-order valence-electron chi connectivity index (χ3n) is 4.01. The molecule has 1 fully saturated rings. The maximum absolute atomic E-state index is 12.2. The molecular weight excluding hydrogens is 312 g/mol. The van der Waals surface area contributed by atoms with E-state index < -0.39 is 29.7 Å². The number of likely N-dealkylation sites (tertiary alicyclic amines) is 1. The zero-order chi connectivity index (χ0) is 18.1. The number of ketones is 1. The van der Waals surface area contributed by atoms with Gasteiger partial charge in [-0.15, -0.1) is 0 Å². The van der Waals surface area contributed by atoms with Crippen molar-refractivity contribution in [1.82, 2.24) is 20.9 Å². The number of rotatable bonds is 9. The summed E-state index contributed by atoms with van der Waals surface area (Å²) >= 11 is 0. The number of hydrogen-bond acceptors (Lipinski definition) is 5. The smallest absolute Gasteiger partial charge is 0.289 e. The van der Waals surface area contributed by atoms with Crippen LogP contribution in [0.2, 0.25) is 0 Å². The quantitative estimate of drug-likeness (QED) is 0.476. The number of amides is 3. The van der Waals surface area contributed by atoms with E-state index in [0.717, 1.165) is 32.4 Å². The van der Waals surface area contributed by atoms with E-state index in [9.17, 15) is 19.2 Å². The van der Waals surface area contributed by atoms with Gasteiger partial charge in [-0.05, 0) is 33.2 Å². The molecule has 3 N–H and O–H groups in total. The molecule has 24 heavy (non-hydrogen) atoms. The van der Waals surface area contributed by atoms with E-state index in [-0.39, 0.29) is 12.3 Å². The number of nitrogens with one attached hydrogen (secondary N) is 3. The zero-order valence-electron chi connectivity index (χ0n) is 14.7. The van der Waals surface area contributed by atoms with Gasteiger partial charge in [-0.1, -0.05) is 6.92 Å². The van der Waals surface area contributed by atoms with Crippen molar-refractivity contribution in [1.29, 1.82) is 0 Å². The van der Waals surface area contributed by atoms with Crippen molar-refractivity contribution in [2.24, 2.45) is 0 Å². The lowest BCUT2D eigenvalue weighted by atomic mass is 10.1. The fourth-order valence-corrected chi connectivity index (χ4v) is 2.50. The fraction of sp³-hybridized carbons (Fsp3) is 0.750. The Morgan fingerprint density at radius 3 is 2.29 bits per heavy atom. The Hall–Kier alpha value is -1.96. The van der Waals surface area contributed by atoms with Crippen molar-refractivity contribution in [2.45, 2.75) is 51.6 Å². The number of hydrogen-bond donors (Lipinski definition) is 3. The number of carbonyl (C=O) groups excluding carboxylic acids is 4. The molecule has 3 amide bonds. The van der Waals surface area contributed by atoms with E-state index in [1.165, 1.54) is 6.92 Å². The van der Waals surface area contributed by atoms with Gasteiger partial charge >= 0.3 is 0 Å². The molecule has 2 atom stereocenters. The van der Waals surface area contributed by atoms with Crippen LogP contribution in [0, 0.1) is 0 Å². The van der Waals surface area contributed by atoms with Crippen LogP contribution in [-0.4, -0.2) is 67.2 Å². The van der Waals surface area contributed by atoms with Crippen LogP contribution in [0.25, 0.3) is 0 Å². The molecule has 0 bridgehead atoms. The van der Waals surface area contributed by atoms with Crippen LogP contribution in [0.4, 0.5) is 0 Å². The maximum atomic E-state index is 12.2. The molecular formula is C16H28N4O4. The summed E-state index contributed by atoms with van der Waals surface area (Å²) in [7, 11) is 1.59. The lowest BCUT2D eigenvalue weighted by molar-refractivity contribution is -0.140. The molecule has 0 aromatic carbocycles. The second-order valence-corrected chi connectivity index (χ2v) is 5.98. The van der Waals surface area contributed by atoms with Crippen molar-refractivity contribution in [3.63, 3.8) is 0 Å². The summed E-state index contributed by atoms with van der Waals surface area (Å²) in [6.07, 6.45) is 2.73. The van der Waals surface area contributed by atoms with Gasteiger partial charge in [-0.2, -0.15) is 0 Å². The van der Waals surface area contributed by atoms with Gasteiger partial charge in [0, 0.05) is 19.6 Å². The Morgan fingerprint density at radius 2 is 1.75 bits per heavy atom. The van der Waals surface area contributed by atoms with Crippen LogP contribution in [0.1, 0.15) is 39.5 Å². The van der Waals surface area contributed by atoms with Gasteiger partial charge in [-0.25, -0.2) is 0 Å². The van der Waals surface area contributed by atoms with Gasteiger partial charge in [0.05, 0.1) is 18.5 Å². The zero-order valence-corrected chi connectivity index (χ0v) is 14.7. The van der Waals surface area contributed by atoms with Crippen LogP contribution in [-0.2, 0) is 19.2 Å². The van der Waals surface area contributed by atoms with Crippen molar-refractivity contribution in [3.05, 3.63) is 0 Å². The first-order chi connectivity index (χ1) is 11.4. The third-order valence-corrected chi connectivity index (χ3v) is 4.01. The summed E-state index contributed by atoms with van der Waals surface area (Å²) in [6, 6.07) is -1.67. The molecule has 0 saturated carbocycles. The average molecular weight is 340 g/mol. The van der Waals surface area contributed by atoms with Crippen LogP contribution in [0.5, 0.6) is 0 Å². The number of Topliss-reactive ketones (excluding diaryl/α,β-unsaturated/α-hetero) is 1. The minimum absolute atomic E-state index is 0.0330. The lowest BCUT2D eigenvalue weighted by Gasteiger charge is -2.21. The van der Waals surface area contributed by atoms with E-state index in [0.29, 0.717) is 6.54 Å². The molecule has 0 aliphatic carbocycles. The molecule has 0 radical (unpaired) electrons. The summed E-state index contributed by atoms with van der Waals surface area (Å²) in [5.74, 6) is -1.95. The number of likely N-dealkylation sites (N-methyl/N-ethyl adjacent to an activating group) is 1. The van der Waals surface area contributed by atoms with E-state index in [1.807, 2.05) is 6.92 Å². The SMILES string of the molecule is CCCNC(=O)C(=O)C(C)NC(=O)[C@H](CC(=O)N1CCCC1)NC. The molecule has 1 aliphatic rings. The standard InChI is InChI=1S/C16H28N4O4/c1-4-7-18-16(24)14(22)11(2)19-15(23)12(17-3)10-13(21)20-8-5-6-9-20/h11-12,17H,4-10H2,1-3H3,(H,18,24)(H,19,23)/t11?,12-/m0/s1. The third kappa shape index (κ3) is 5.92. The maximum Gasteiger partial charge on any atom is 0.289 e. The first-order valence-corrected chi connectivity index (χ1v) is 8.48. The van der Waals surface area contributed by atoms with Gasteiger partial charge in [0.25, 0.3) is 5.91 Å². The topological polar surface area (TPSA) is 108 Å². The minimum atomic E-state index is -0.938. The van der Waals surface area contributed by atoms with Crippen LogP contribution >= 0.6 is 0 Å². The van der Waals surface area contributed by atoms with E-state index in [4.69, 9.17) is 0 Å². The van der Waals surface area contributed by atoms with Crippen LogP contribution in [0.3, 0.4) is 0 Å². The molecule has 8 nitrogen and oxygen atoms in total. The highest BCUT2D eigenvalue weighted by Gasteiger charge is 2.28. The highest BCUT2D eigenvalue weighted by atomic mass is 16.2.